The maximum Gasteiger partial charge on any atom is 0.331 e. The lowest BCUT2D eigenvalue weighted by molar-refractivity contribution is -0.139. The summed E-state index contributed by atoms with van der Waals surface area (Å²) in [6.45, 7) is 3.77. The van der Waals surface area contributed by atoms with Crippen LogP contribution >= 0.6 is 0 Å². The Balaban J connectivity index is 3.75. The molecule has 0 heterocycles. The Morgan fingerprint density at radius 2 is 2.00 bits per heavy atom. The van der Waals surface area contributed by atoms with Gasteiger partial charge in [0.15, 0.2) is 0 Å². The van der Waals surface area contributed by atoms with Gasteiger partial charge < -0.3 is 9.84 Å². The fraction of sp³-hybridized carbons (Fsp3) is 0.600. The molecule has 0 bridgehead atoms. The molecule has 14 heavy (non-hydrogen) atoms. The molecule has 0 rings (SSSR count). The molecule has 0 aliphatic heterocycles. The van der Waals surface area contributed by atoms with Crippen molar-refractivity contribution in [3.05, 3.63) is 11.6 Å². The first-order valence-electron chi connectivity index (χ1n) is 4.66. The third-order valence-electron chi connectivity index (χ3n) is 1.66. The van der Waals surface area contributed by atoms with E-state index in [4.69, 9.17) is 9.84 Å². The lowest BCUT2D eigenvalue weighted by atomic mass is 10.3. The highest BCUT2D eigenvalue weighted by Gasteiger charge is 2.04. The maximum absolute atomic E-state index is 11.0. The van der Waals surface area contributed by atoms with Crippen molar-refractivity contribution in [1.82, 2.24) is 0 Å². The van der Waals surface area contributed by atoms with Crippen molar-refractivity contribution in [2.24, 2.45) is 0 Å². The number of carbonyl (C=O) groups is 2. The summed E-state index contributed by atoms with van der Waals surface area (Å²) in [5.74, 6) is -1.68. The third-order valence-corrected chi connectivity index (χ3v) is 1.66. The Hall–Kier alpha value is -1.32. The van der Waals surface area contributed by atoms with Gasteiger partial charge in [-0.05, 0) is 13.3 Å². The summed E-state index contributed by atoms with van der Waals surface area (Å²) in [5.41, 5.74) is -0.00880. The maximum atomic E-state index is 11.0. The number of esters is 1. The fourth-order valence-corrected chi connectivity index (χ4v) is 0.805. The summed E-state index contributed by atoms with van der Waals surface area (Å²) in [4.78, 5) is 21.3. The Labute approximate surface area is 83.6 Å². The van der Waals surface area contributed by atoms with E-state index in [0.717, 1.165) is 25.3 Å². The third kappa shape index (κ3) is 6.22. The van der Waals surface area contributed by atoms with E-state index in [1.54, 1.807) is 0 Å². The van der Waals surface area contributed by atoms with Crippen molar-refractivity contribution >= 4 is 11.9 Å². The molecule has 0 fully saturated rings. The molecule has 0 aliphatic carbocycles. The van der Waals surface area contributed by atoms with Crippen LogP contribution in [0.25, 0.3) is 0 Å². The van der Waals surface area contributed by atoms with Crippen molar-refractivity contribution in [3.8, 4) is 0 Å². The van der Waals surface area contributed by atoms with E-state index in [0.29, 0.717) is 6.61 Å². The van der Waals surface area contributed by atoms with Crippen molar-refractivity contribution in [2.75, 3.05) is 6.61 Å². The second-order valence-electron chi connectivity index (χ2n) is 3.01. The molecule has 0 unspecified atom stereocenters. The summed E-state index contributed by atoms with van der Waals surface area (Å²) < 4.78 is 4.79. The summed E-state index contributed by atoms with van der Waals surface area (Å²) in [6.07, 6.45) is 3.88. The first-order valence-corrected chi connectivity index (χ1v) is 4.66. The molecule has 0 aromatic heterocycles. The van der Waals surface area contributed by atoms with Gasteiger partial charge in [-0.1, -0.05) is 19.8 Å². The van der Waals surface area contributed by atoms with E-state index in [2.05, 4.69) is 6.92 Å². The van der Waals surface area contributed by atoms with Gasteiger partial charge in [0.25, 0.3) is 0 Å². The zero-order valence-corrected chi connectivity index (χ0v) is 8.58. The van der Waals surface area contributed by atoms with Crippen molar-refractivity contribution in [2.45, 2.75) is 33.1 Å². The number of rotatable bonds is 6. The van der Waals surface area contributed by atoms with Gasteiger partial charge in [0, 0.05) is 11.6 Å². The SMILES string of the molecule is CCCCCOC(=O)/C=C(/C)C(=O)O. The molecule has 0 saturated carbocycles. The van der Waals surface area contributed by atoms with Gasteiger partial charge in [-0.15, -0.1) is 0 Å². The molecule has 0 saturated heterocycles. The minimum Gasteiger partial charge on any atom is -0.478 e. The van der Waals surface area contributed by atoms with E-state index in [-0.39, 0.29) is 5.57 Å². The highest BCUT2D eigenvalue weighted by atomic mass is 16.5. The number of unbranched alkanes of at least 4 members (excludes halogenated alkanes) is 2. The van der Waals surface area contributed by atoms with E-state index < -0.39 is 11.9 Å². The second kappa shape index (κ2) is 7.12. The Morgan fingerprint density at radius 3 is 2.50 bits per heavy atom. The second-order valence-corrected chi connectivity index (χ2v) is 3.01. The monoisotopic (exact) mass is 200 g/mol. The van der Waals surface area contributed by atoms with Crippen LogP contribution in [0.5, 0.6) is 0 Å². The molecule has 0 aromatic rings. The smallest absolute Gasteiger partial charge is 0.331 e. The van der Waals surface area contributed by atoms with Crippen molar-refractivity contribution in [1.29, 1.82) is 0 Å². The quantitative estimate of drug-likeness (QED) is 0.403. The molecule has 0 amide bonds. The predicted octanol–water partition coefficient (Wildman–Crippen LogP) is 1.75. The van der Waals surface area contributed by atoms with Gasteiger partial charge in [-0.2, -0.15) is 0 Å². The van der Waals surface area contributed by atoms with Crippen LogP contribution in [0.2, 0.25) is 0 Å². The average Bonchev–Trinajstić information content (AvgIpc) is 2.12. The van der Waals surface area contributed by atoms with Crippen molar-refractivity contribution < 1.29 is 19.4 Å². The van der Waals surface area contributed by atoms with E-state index >= 15 is 0 Å². The van der Waals surface area contributed by atoms with Crippen LogP contribution in [0.15, 0.2) is 11.6 Å². The number of carboxylic acid groups (broad SMARTS) is 1. The predicted molar refractivity (Wildman–Crippen MR) is 51.9 cm³/mol. The molecule has 0 atom stereocenters. The van der Waals surface area contributed by atoms with Gasteiger partial charge in [0.2, 0.25) is 0 Å². The van der Waals surface area contributed by atoms with Crippen LogP contribution < -0.4 is 0 Å². The van der Waals surface area contributed by atoms with Crippen LogP contribution in [0, 0.1) is 0 Å². The molecule has 0 aromatic carbocycles. The lowest BCUT2D eigenvalue weighted by Gasteiger charge is -2.00. The summed E-state index contributed by atoms with van der Waals surface area (Å²) >= 11 is 0. The lowest BCUT2D eigenvalue weighted by Crippen LogP contribution is -2.06. The highest BCUT2D eigenvalue weighted by molar-refractivity contribution is 5.94. The number of hydrogen-bond donors (Lipinski definition) is 1. The molecule has 80 valence electrons. The molecule has 0 aliphatic rings. The van der Waals surface area contributed by atoms with Gasteiger partial charge in [-0.3, -0.25) is 0 Å². The van der Waals surface area contributed by atoms with Crippen LogP contribution in [-0.2, 0) is 14.3 Å². The minimum absolute atomic E-state index is 0.00880. The zero-order valence-electron chi connectivity index (χ0n) is 8.58. The van der Waals surface area contributed by atoms with Crippen molar-refractivity contribution in [3.63, 3.8) is 0 Å². The molecular formula is C10H16O4. The van der Waals surface area contributed by atoms with Gasteiger partial charge >= 0.3 is 11.9 Å². The Morgan fingerprint density at radius 1 is 1.36 bits per heavy atom. The van der Waals surface area contributed by atoms with E-state index in [1.165, 1.54) is 6.92 Å². The highest BCUT2D eigenvalue weighted by Crippen LogP contribution is 1.97. The average molecular weight is 200 g/mol. The topological polar surface area (TPSA) is 63.6 Å². The van der Waals surface area contributed by atoms with Crippen LogP contribution in [0.4, 0.5) is 0 Å². The minimum atomic E-state index is -1.10. The first-order chi connectivity index (χ1) is 6.57. The molecular weight excluding hydrogens is 184 g/mol. The molecule has 0 radical (unpaired) electrons. The zero-order chi connectivity index (χ0) is 11.0. The van der Waals surface area contributed by atoms with Crippen LogP contribution in [-0.4, -0.2) is 23.7 Å². The van der Waals surface area contributed by atoms with Gasteiger partial charge in [-0.25, -0.2) is 9.59 Å². The Bertz CT molecular complexity index is 230. The van der Waals surface area contributed by atoms with E-state index in [9.17, 15) is 9.59 Å². The van der Waals surface area contributed by atoms with Gasteiger partial charge in [0.05, 0.1) is 6.61 Å². The number of aliphatic carboxylic acids is 1. The van der Waals surface area contributed by atoms with Crippen LogP contribution in [0.3, 0.4) is 0 Å². The molecule has 0 spiro atoms. The molecule has 4 nitrogen and oxygen atoms in total. The summed E-state index contributed by atoms with van der Waals surface area (Å²) in [5, 5.41) is 8.46. The summed E-state index contributed by atoms with van der Waals surface area (Å²) in [7, 11) is 0. The standard InChI is InChI=1S/C10H16O4/c1-3-4-5-6-14-9(11)7-8(2)10(12)13/h7H,3-6H2,1-2H3,(H,12,13)/b8-7-. The number of hydrogen-bond acceptors (Lipinski definition) is 3. The molecule has 1 N–H and O–H groups in total. The van der Waals surface area contributed by atoms with E-state index in [1.807, 2.05) is 0 Å². The normalized spacial score (nSPS) is 11.1. The number of carboxylic acids is 1. The molecule has 4 heteroatoms. The summed E-state index contributed by atoms with van der Waals surface area (Å²) in [6, 6.07) is 0. The largest absolute Gasteiger partial charge is 0.478 e. The van der Waals surface area contributed by atoms with Gasteiger partial charge in [0.1, 0.15) is 0 Å². The number of carbonyl (C=O) groups excluding carboxylic acids is 1. The first kappa shape index (κ1) is 12.7. The Kier molecular flexibility index (Phi) is 6.45. The fourth-order valence-electron chi connectivity index (χ4n) is 0.805. The number of ether oxygens (including phenoxy) is 1. The van der Waals surface area contributed by atoms with Crippen LogP contribution in [0.1, 0.15) is 33.1 Å².